The standard InChI is InChI=1S/C23H21NO3/c1-13(25)12-16-8-10-17(11-9-16)24-22(26)20-14(2)18-6-4-5-7-19(18)15(3)21(20)23(24)27/h4-11,22,26H,12H2,1-3H3. The second-order valence-electron chi connectivity index (χ2n) is 7.18. The third-order valence-electron chi connectivity index (χ3n) is 5.39. The number of ketones is 1. The predicted octanol–water partition coefficient (Wildman–Crippen LogP) is 4.24. The van der Waals surface area contributed by atoms with Crippen LogP contribution in [0.1, 0.15) is 45.8 Å². The summed E-state index contributed by atoms with van der Waals surface area (Å²) in [4.78, 5) is 25.9. The highest BCUT2D eigenvalue weighted by molar-refractivity contribution is 6.15. The molecule has 0 spiro atoms. The number of carbonyl (C=O) groups is 2. The number of fused-ring (bicyclic) bond motifs is 2. The Morgan fingerprint density at radius 1 is 1.00 bits per heavy atom. The number of rotatable bonds is 3. The Hall–Kier alpha value is -2.98. The van der Waals surface area contributed by atoms with Crippen molar-refractivity contribution in [2.45, 2.75) is 33.4 Å². The van der Waals surface area contributed by atoms with Gasteiger partial charge in [-0.15, -0.1) is 0 Å². The molecule has 1 N–H and O–H groups in total. The zero-order chi connectivity index (χ0) is 19.3. The molecule has 4 nitrogen and oxygen atoms in total. The average Bonchev–Trinajstić information content (AvgIpc) is 2.91. The van der Waals surface area contributed by atoms with Gasteiger partial charge >= 0.3 is 0 Å². The van der Waals surface area contributed by atoms with Crippen LogP contribution in [0.15, 0.2) is 48.5 Å². The maximum Gasteiger partial charge on any atom is 0.261 e. The van der Waals surface area contributed by atoms with E-state index in [1.54, 1.807) is 19.1 Å². The molecule has 136 valence electrons. The van der Waals surface area contributed by atoms with E-state index in [-0.39, 0.29) is 11.7 Å². The number of hydrogen-bond donors (Lipinski definition) is 1. The van der Waals surface area contributed by atoms with Gasteiger partial charge in [-0.1, -0.05) is 36.4 Å². The first-order valence-electron chi connectivity index (χ1n) is 9.02. The highest BCUT2D eigenvalue weighted by Crippen LogP contribution is 2.42. The molecule has 1 amide bonds. The molecule has 3 aromatic rings. The van der Waals surface area contributed by atoms with E-state index >= 15 is 0 Å². The van der Waals surface area contributed by atoms with Crippen LogP contribution in [0, 0.1) is 13.8 Å². The first kappa shape index (κ1) is 17.4. The lowest BCUT2D eigenvalue weighted by atomic mass is 9.91. The van der Waals surface area contributed by atoms with E-state index in [9.17, 15) is 14.7 Å². The number of benzene rings is 3. The topological polar surface area (TPSA) is 57.6 Å². The van der Waals surface area contributed by atoms with E-state index in [0.717, 1.165) is 27.5 Å². The molecule has 0 bridgehead atoms. The van der Waals surface area contributed by atoms with Crippen molar-refractivity contribution in [2.75, 3.05) is 4.90 Å². The van der Waals surface area contributed by atoms with Crippen molar-refractivity contribution in [1.82, 2.24) is 0 Å². The zero-order valence-corrected chi connectivity index (χ0v) is 15.6. The molecule has 3 aromatic carbocycles. The van der Waals surface area contributed by atoms with E-state index < -0.39 is 6.23 Å². The van der Waals surface area contributed by atoms with Gasteiger partial charge in [-0.3, -0.25) is 14.5 Å². The van der Waals surface area contributed by atoms with Gasteiger partial charge in [0.25, 0.3) is 5.91 Å². The second kappa shape index (κ2) is 6.32. The van der Waals surface area contributed by atoms with Crippen molar-refractivity contribution < 1.29 is 14.7 Å². The molecular formula is C23H21NO3. The first-order chi connectivity index (χ1) is 12.9. The molecule has 1 aliphatic heterocycles. The smallest absolute Gasteiger partial charge is 0.261 e. The molecule has 1 atom stereocenters. The Kier molecular flexibility index (Phi) is 4.08. The minimum Gasteiger partial charge on any atom is -0.369 e. The van der Waals surface area contributed by atoms with Crippen LogP contribution in [0.5, 0.6) is 0 Å². The van der Waals surface area contributed by atoms with Crippen molar-refractivity contribution in [2.24, 2.45) is 0 Å². The number of aliphatic hydroxyl groups excluding tert-OH is 1. The Labute approximate surface area is 158 Å². The van der Waals surface area contributed by atoms with Crippen LogP contribution >= 0.6 is 0 Å². The lowest BCUT2D eigenvalue weighted by Crippen LogP contribution is -2.27. The molecule has 1 aliphatic rings. The number of nitrogens with zero attached hydrogens (tertiary/aromatic N) is 1. The summed E-state index contributed by atoms with van der Waals surface area (Å²) in [5, 5.41) is 13.1. The number of carbonyl (C=O) groups excluding carboxylic acids is 2. The fourth-order valence-electron chi connectivity index (χ4n) is 4.09. The molecule has 0 aromatic heterocycles. The first-order valence-corrected chi connectivity index (χ1v) is 9.02. The number of aryl methyl sites for hydroxylation is 2. The van der Waals surface area contributed by atoms with Crippen molar-refractivity contribution in [3.63, 3.8) is 0 Å². The Balaban J connectivity index is 1.83. The lowest BCUT2D eigenvalue weighted by molar-refractivity contribution is -0.116. The van der Waals surface area contributed by atoms with Crippen LogP contribution < -0.4 is 4.90 Å². The third kappa shape index (κ3) is 2.64. The zero-order valence-electron chi connectivity index (χ0n) is 15.6. The lowest BCUT2D eigenvalue weighted by Gasteiger charge is -2.21. The normalized spacial score (nSPS) is 16.1. The van der Waals surface area contributed by atoms with Crippen molar-refractivity contribution in [3.8, 4) is 0 Å². The van der Waals surface area contributed by atoms with Crippen molar-refractivity contribution >= 4 is 28.2 Å². The molecule has 0 fully saturated rings. The minimum atomic E-state index is -1.02. The molecule has 4 heteroatoms. The SMILES string of the molecule is CC(=O)Cc1ccc(N2C(=O)c3c(c(C)c4ccccc4c3C)C2O)cc1. The van der Waals surface area contributed by atoms with Crippen LogP contribution in [-0.2, 0) is 11.2 Å². The summed E-state index contributed by atoms with van der Waals surface area (Å²) < 4.78 is 0. The number of hydrogen-bond acceptors (Lipinski definition) is 3. The highest BCUT2D eigenvalue weighted by Gasteiger charge is 2.39. The molecule has 1 heterocycles. The van der Waals surface area contributed by atoms with E-state index in [0.29, 0.717) is 23.2 Å². The summed E-state index contributed by atoms with van der Waals surface area (Å²) in [5.41, 5.74) is 4.62. The van der Waals surface area contributed by atoms with Gasteiger partial charge in [-0.2, -0.15) is 0 Å². The summed E-state index contributed by atoms with van der Waals surface area (Å²) in [6.07, 6.45) is -0.657. The fraction of sp³-hybridized carbons (Fsp3) is 0.217. The maximum absolute atomic E-state index is 13.2. The largest absolute Gasteiger partial charge is 0.369 e. The third-order valence-corrected chi connectivity index (χ3v) is 5.39. The van der Waals surface area contributed by atoms with Crippen LogP contribution in [0.2, 0.25) is 0 Å². The fourth-order valence-corrected chi connectivity index (χ4v) is 4.09. The van der Waals surface area contributed by atoms with Crippen LogP contribution in [-0.4, -0.2) is 16.8 Å². The van der Waals surface area contributed by atoms with Gasteiger partial charge in [-0.25, -0.2) is 0 Å². The van der Waals surface area contributed by atoms with E-state index in [1.807, 2.05) is 50.2 Å². The van der Waals surface area contributed by atoms with Gasteiger partial charge in [-0.05, 0) is 60.4 Å². The molecule has 0 aliphatic carbocycles. The van der Waals surface area contributed by atoms with Gasteiger partial charge in [0.2, 0.25) is 0 Å². The van der Waals surface area contributed by atoms with Gasteiger partial charge in [0.1, 0.15) is 5.78 Å². The van der Waals surface area contributed by atoms with Gasteiger partial charge in [0.15, 0.2) is 6.23 Å². The number of anilines is 1. The van der Waals surface area contributed by atoms with E-state index in [2.05, 4.69) is 0 Å². The summed E-state index contributed by atoms with van der Waals surface area (Å²) in [5.74, 6) is -0.103. The quantitative estimate of drug-likeness (QED) is 0.761. The summed E-state index contributed by atoms with van der Waals surface area (Å²) >= 11 is 0. The second-order valence-corrected chi connectivity index (χ2v) is 7.18. The molecule has 1 unspecified atom stereocenters. The maximum atomic E-state index is 13.2. The Bertz CT molecular complexity index is 1080. The Morgan fingerprint density at radius 3 is 2.19 bits per heavy atom. The summed E-state index contributed by atoms with van der Waals surface area (Å²) in [7, 11) is 0. The van der Waals surface area contributed by atoms with E-state index in [1.165, 1.54) is 4.90 Å². The highest BCUT2D eigenvalue weighted by atomic mass is 16.3. The van der Waals surface area contributed by atoms with Crippen LogP contribution in [0.4, 0.5) is 5.69 Å². The summed E-state index contributed by atoms with van der Waals surface area (Å²) in [6, 6.07) is 15.2. The predicted molar refractivity (Wildman–Crippen MR) is 106 cm³/mol. The van der Waals surface area contributed by atoms with Gasteiger partial charge in [0, 0.05) is 17.7 Å². The molecular weight excluding hydrogens is 338 g/mol. The Morgan fingerprint density at radius 2 is 1.59 bits per heavy atom. The molecule has 0 saturated heterocycles. The number of amides is 1. The van der Waals surface area contributed by atoms with Crippen molar-refractivity contribution in [3.05, 3.63) is 76.3 Å². The number of Topliss-reactive ketones (excluding diaryl/α,β-unsaturated/α-hetero) is 1. The monoisotopic (exact) mass is 359 g/mol. The van der Waals surface area contributed by atoms with Crippen LogP contribution in [0.25, 0.3) is 10.8 Å². The van der Waals surface area contributed by atoms with Crippen LogP contribution in [0.3, 0.4) is 0 Å². The molecule has 4 rings (SSSR count). The van der Waals surface area contributed by atoms with Gasteiger partial charge < -0.3 is 5.11 Å². The summed E-state index contributed by atoms with van der Waals surface area (Å²) in [6.45, 7) is 5.44. The molecule has 0 saturated carbocycles. The average molecular weight is 359 g/mol. The van der Waals surface area contributed by atoms with E-state index in [4.69, 9.17) is 0 Å². The van der Waals surface area contributed by atoms with Gasteiger partial charge in [0.05, 0.1) is 5.56 Å². The minimum absolute atomic E-state index is 0.0883. The molecule has 27 heavy (non-hydrogen) atoms. The molecule has 0 radical (unpaired) electrons. The van der Waals surface area contributed by atoms with Crippen molar-refractivity contribution in [1.29, 1.82) is 0 Å². The number of aliphatic hydroxyl groups is 1.